The number of nitrogens with zero attached hydrogens (tertiary/aromatic N) is 1. The number of alkyl halides is 3. The zero-order valence-corrected chi connectivity index (χ0v) is 17.2. The van der Waals surface area contributed by atoms with E-state index >= 15 is 0 Å². The van der Waals surface area contributed by atoms with Gasteiger partial charge in [0.05, 0.1) is 22.4 Å². The summed E-state index contributed by atoms with van der Waals surface area (Å²) in [5.41, 5.74) is 0.261. The number of rotatable bonds is 5. The molecule has 0 aliphatic carbocycles. The maximum absolute atomic E-state index is 12.8. The second-order valence-electron chi connectivity index (χ2n) is 7.37. The van der Waals surface area contributed by atoms with Crippen molar-refractivity contribution in [2.45, 2.75) is 37.1 Å². The molecule has 1 fully saturated rings. The Bertz CT molecular complexity index is 1140. The van der Waals surface area contributed by atoms with Crippen molar-refractivity contribution in [3.8, 4) is 0 Å². The molecule has 1 amide bonds. The second kappa shape index (κ2) is 8.75. The summed E-state index contributed by atoms with van der Waals surface area (Å²) in [6.45, 7) is -0.526. The van der Waals surface area contributed by atoms with Crippen LogP contribution in [0.5, 0.6) is 0 Å². The molecule has 7 nitrogen and oxygen atoms in total. The molecule has 0 spiro atoms. The zero-order chi connectivity index (χ0) is 23.0. The molecule has 1 aliphatic rings. The SMILES string of the molecule is O=C(NCc1cccc(C(F)(F)F)c1)c1ccc2sc([C@@H]3O[C@H](CO)[C@@H](O)[C@H]3O)nc2c1. The maximum Gasteiger partial charge on any atom is 0.416 e. The molecule has 170 valence electrons. The highest BCUT2D eigenvalue weighted by Gasteiger charge is 2.44. The Kier molecular flexibility index (Phi) is 6.19. The Morgan fingerprint density at radius 1 is 1.16 bits per heavy atom. The Labute approximate surface area is 184 Å². The summed E-state index contributed by atoms with van der Waals surface area (Å²) < 4.78 is 44.7. The highest BCUT2D eigenvalue weighted by molar-refractivity contribution is 7.18. The molecule has 4 rings (SSSR count). The summed E-state index contributed by atoms with van der Waals surface area (Å²) in [6.07, 6.45) is -8.77. The van der Waals surface area contributed by atoms with Gasteiger partial charge in [-0.2, -0.15) is 13.2 Å². The number of ether oxygens (including phenoxy) is 1. The highest BCUT2D eigenvalue weighted by atomic mass is 32.1. The molecule has 4 N–H and O–H groups in total. The van der Waals surface area contributed by atoms with E-state index in [4.69, 9.17) is 4.74 Å². The summed E-state index contributed by atoms with van der Waals surface area (Å²) in [6, 6.07) is 9.47. The highest BCUT2D eigenvalue weighted by Crippen LogP contribution is 2.37. The van der Waals surface area contributed by atoms with E-state index in [1.807, 2.05) is 0 Å². The van der Waals surface area contributed by atoms with Gasteiger partial charge in [0.15, 0.2) is 0 Å². The number of hydrogen-bond acceptors (Lipinski definition) is 7. The van der Waals surface area contributed by atoms with Crippen LogP contribution in [-0.2, 0) is 17.5 Å². The minimum Gasteiger partial charge on any atom is -0.394 e. The number of halogens is 3. The lowest BCUT2D eigenvalue weighted by Gasteiger charge is -2.11. The molecule has 32 heavy (non-hydrogen) atoms. The molecule has 3 aromatic rings. The van der Waals surface area contributed by atoms with Crippen molar-refractivity contribution in [1.82, 2.24) is 10.3 Å². The van der Waals surface area contributed by atoms with Gasteiger partial charge in [0, 0.05) is 12.1 Å². The third kappa shape index (κ3) is 4.48. The monoisotopic (exact) mass is 468 g/mol. The summed E-state index contributed by atoms with van der Waals surface area (Å²) >= 11 is 1.22. The van der Waals surface area contributed by atoms with Crippen LogP contribution in [0.4, 0.5) is 13.2 Å². The molecule has 1 saturated heterocycles. The van der Waals surface area contributed by atoms with Gasteiger partial charge in [-0.25, -0.2) is 4.98 Å². The number of amides is 1. The quantitative estimate of drug-likeness (QED) is 0.458. The average molecular weight is 468 g/mol. The number of aliphatic hydroxyl groups is 3. The number of hydrogen-bond donors (Lipinski definition) is 4. The Hall–Kier alpha value is -2.57. The normalized spacial score (nSPS) is 23.6. The molecule has 0 saturated carbocycles. The number of benzene rings is 2. The van der Waals surface area contributed by atoms with Gasteiger partial charge in [-0.15, -0.1) is 11.3 Å². The van der Waals surface area contributed by atoms with Crippen LogP contribution >= 0.6 is 11.3 Å². The van der Waals surface area contributed by atoms with Gasteiger partial charge >= 0.3 is 6.18 Å². The van der Waals surface area contributed by atoms with Gasteiger partial charge < -0.3 is 25.4 Å². The smallest absolute Gasteiger partial charge is 0.394 e. The first-order valence-corrected chi connectivity index (χ1v) is 10.5. The Morgan fingerprint density at radius 3 is 2.62 bits per heavy atom. The predicted octanol–water partition coefficient (Wildman–Crippen LogP) is 2.40. The van der Waals surface area contributed by atoms with Crippen LogP contribution in [0, 0.1) is 0 Å². The molecule has 4 atom stereocenters. The zero-order valence-electron chi connectivity index (χ0n) is 16.4. The van der Waals surface area contributed by atoms with E-state index in [9.17, 15) is 33.3 Å². The first-order chi connectivity index (χ1) is 15.2. The molecule has 0 unspecified atom stereocenters. The van der Waals surface area contributed by atoms with Gasteiger partial charge in [-0.05, 0) is 35.9 Å². The van der Waals surface area contributed by atoms with Gasteiger partial charge in [0.1, 0.15) is 29.4 Å². The molecule has 1 aliphatic heterocycles. The van der Waals surface area contributed by atoms with Crippen LogP contribution in [0.3, 0.4) is 0 Å². The Morgan fingerprint density at radius 2 is 1.94 bits per heavy atom. The lowest BCUT2D eigenvalue weighted by atomic mass is 10.1. The number of fused-ring (bicyclic) bond motifs is 1. The van der Waals surface area contributed by atoms with Crippen molar-refractivity contribution in [2.75, 3.05) is 6.61 Å². The van der Waals surface area contributed by atoms with E-state index < -0.39 is 48.7 Å². The first kappa shape index (κ1) is 22.6. The summed E-state index contributed by atoms with van der Waals surface area (Å²) in [5, 5.41) is 32.3. The number of nitrogens with one attached hydrogen (secondary N) is 1. The fourth-order valence-corrected chi connectivity index (χ4v) is 4.48. The third-order valence-corrected chi connectivity index (χ3v) is 6.26. The van der Waals surface area contributed by atoms with E-state index in [0.29, 0.717) is 20.8 Å². The molecular weight excluding hydrogens is 449 g/mol. The Balaban J connectivity index is 1.48. The fraction of sp³-hybridized carbons (Fsp3) is 0.333. The van der Waals surface area contributed by atoms with Crippen LogP contribution in [0.25, 0.3) is 10.2 Å². The standard InChI is InChI=1S/C21H19F3N2O5S/c22-21(23,24)12-3-1-2-10(6-12)8-25-19(30)11-4-5-15-13(7-11)26-20(32-15)18-17(29)16(28)14(9-27)31-18/h1-7,14,16-18,27-29H,8-9H2,(H,25,30)/t14-,16-,17-,18-/m1/s1. The van der Waals surface area contributed by atoms with Crippen molar-refractivity contribution >= 4 is 27.5 Å². The maximum atomic E-state index is 12.8. The molecular formula is C21H19F3N2O5S. The van der Waals surface area contributed by atoms with Crippen molar-refractivity contribution in [3.05, 3.63) is 64.2 Å². The van der Waals surface area contributed by atoms with Crippen LogP contribution in [0.2, 0.25) is 0 Å². The summed E-state index contributed by atoms with van der Waals surface area (Å²) in [4.78, 5) is 16.9. The fourth-order valence-electron chi connectivity index (χ4n) is 3.45. The number of thiazole rings is 1. The van der Waals surface area contributed by atoms with E-state index in [0.717, 1.165) is 12.1 Å². The predicted molar refractivity (Wildman–Crippen MR) is 109 cm³/mol. The van der Waals surface area contributed by atoms with Crippen LogP contribution in [0.15, 0.2) is 42.5 Å². The van der Waals surface area contributed by atoms with Crippen molar-refractivity contribution < 1.29 is 38.0 Å². The lowest BCUT2D eigenvalue weighted by molar-refractivity contribution is -0.137. The van der Waals surface area contributed by atoms with E-state index in [-0.39, 0.29) is 12.1 Å². The molecule has 2 aromatic carbocycles. The third-order valence-electron chi connectivity index (χ3n) is 5.16. The van der Waals surface area contributed by atoms with Crippen LogP contribution in [-0.4, -0.2) is 51.1 Å². The van der Waals surface area contributed by atoms with Gasteiger partial charge in [0.2, 0.25) is 0 Å². The first-order valence-electron chi connectivity index (χ1n) is 9.64. The number of aromatic nitrogens is 1. The molecule has 2 heterocycles. The molecule has 0 radical (unpaired) electrons. The van der Waals surface area contributed by atoms with Crippen molar-refractivity contribution in [3.63, 3.8) is 0 Å². The number of aliphatic hydroxyl groups excluding tert-OH is 3. The molecule has 1 aromatic heterocycles. The van der Waals surface area contributed by atoms with E-state index in [2.05, 4.69) is 10.3 Å². The van der Waals surface area contributed by atoms with Gasteiger partial charge in [0.25, 0.3) is 5.91 Å². The van der Waals surface area contributed by atoms with Crippen LogP contribution in [0.1, 0.15) is 32.6 Å². The average Bonchev–Trinajstić information content (AvgIpc) is 3.31. The van der Waals surface area contributed by atoms with Gasteiger partial charge in [-0.3, -0.25) is 4.79 Å². The topological polar surface area (TPSA) is 112 Å². The van der Waals surface area contributed by atoms with Crippen molar-refractivity contribution in [2.24, 2.45) is 0 Å². The van der Waals surface area contributed by atoms with Gasteiger partial charge in [-0.1, -0.05) is 12.1 Å². The molecule has 11 heteroatoms. The second-order valence-corrected chi connectivity index (χ2v) is 8.44. The largest absolute Gasteiger partial charge is 0.416 e. The molecule has 0 bridgehead atoms. The minimum atomic E-state index is -4.46. The summed E-state index contributed by atoms with van der Waals surface area (Å²) in [5.74, 6) is -0.480. The number of carbonyl (C=O) groups is 1. The van der Waals surface area contributed by atoms with Crippen LogP contribution < -0.4 is 5.32 Å². The van der Waals surface area contributed by atoms with E-state index in [1.165, 1.54) is 29.5 Å². The summed E-state index contributed by atoms with van der Waals surface area (Å²) in [7, 11) is 0. The lowest BCUT2D eigenvalue weighted by Crippen LogP contribution is -2.32. The number of carbonyl (C=O) groups excluding carboxylic acids is 1. The van der Waals surface area contributed by atoms with Crippen molar-refractivity contribution in [1.29, 1.82) is 0 Å². The minimum absolute atomic E-state index is 0.0777. The van der Waals surface area contributed by atoms with E-state index in [1.54, 1.807) is 12.1 Å².